The predicted molar refractivity (Wildman–Crippen MR) is 48.6 cm³/mol. The summed E-state index contributed by atoms with van der Waals surface area (Å²) in [6.07, 6.45) is 0. The summed E-state index contributed by atoms with van der Waals surface area (Å²) >= 11 is 0. The van der Waals surface area contributed by atoms with Crippen molar-refractivity contribution in [2.75, 3.05) is 13.7 Å². The van der Waals surface area contributed by atoms with Gasteiger partial charge in [0.15, 0.2) is 24.0 Å². The predicted octanol–water partition coefficient (Wildman–Crippen LogP) is 1.83. The number of aryl methyl sites for hydroxylation is 1. The second-order valence-corrected chi connectivity index (χ2v) is 2.92. The molecule has 0 amide bonds. The van der Waals surface area contributed by atoms with E-state index in [1.807, 2.05) is 0 Å². The molecule has 1 aromatic rings. The molecular formula is C10H10F2O3. The zero-order valence-corrected chi connectivity index (χ0v) is 8.34. The highest BCUT2D eigenvalue weighted by Crippen LogP contribution is 2.22. The summed E-state index contributed by atoms with van der Waals surface area (Å²) in [5.41, 5.74) is 0.440. The number of ether oxygens (including phenoxy) is 2. The first kappa shape index (κ1) is 11.4. The second-order valence-electron chi connectivity index (χ2n) is 2.92. The van der Waals surface area contributed by atoms with E-state index in [0.717, 1.165) is 19.2 Å². The minimum atomic E-state index is -0.837. The molecule has 0 atom stereocenters. The molecule has 3 nitrogen and oxygen atoms in total. The number of carbonyl (C=O) groups excluding carboxylic acids is 1. The maximum atomic E-state index is 13.1. The molecule has 1 rings (SSSR count). The SMILES string of the molecule is COC(=O)COc1c(F)cc(C)cc1F. The van der Waals surface area contributed by atoms with Crippen LogP contribution in [-0.2, 0) is 9.53 Å². The Hall–Kier alpha value is -1.65. The minimum Gasteiger partial charge on any atom is -0.476 e. The molecule has 1 aromatic carbocycles. The van der Waals surface area contributed by atoms with Gasteiger partial charge in [-0.25, -0.2) is 13.6 Å². The number of rotatable bonds is 3. The highest BCUT2D eigenvalue weighted by atomic mass is 19.1. The van der Waals surface area contributed by atoms with Gasteiger partial charge in [-0.15, -0.1) is 0 Å². The highest BCUT2D eigenvalue weighted by molar-refractivity contribution is 5.70. The first-order valence-electron chi connectivity index (χ1n) is 4.20. The molecule has 0 bridgehead atoms. The van der Waals surface area contributed by atoms with Crippen LogP contribution in [-0.4, -0.2) is 19.7 Å². The Kier molecular flexibility index (Phi) is 3.60. The maximum Gasteiger partial charge on any atom is 0.343 e. The summed E-state index contributed by atoms with van der Waals surface area (Å²) < 4.78 is 35.2. The van der Waals surface area contributed by atoms with E-state index in [-0.39, 0.29) is 0 Å². The molecule has 0 fully saturated rings. The fraction of sp³-hybridized carbons (Fsp3) is 0.300. The van der Waals surface area contributed by atoms with Gasteiger partial charge in [-0.3, -0.25) is 0 Å². The van der Waals surface area contributed by atoms with Crippen LogP contribution in [0.2, 0.25) is 0 Å². The third-order valence-electron chi connectivity index (χ3n) is 1.70. The van der Waals surface area contributed by atoms with Crippen molar-refractivity contribution in [1.82, 2.24) is 0 Å². The topological polar surface area (TPSA) is 35.5 Å². The van der Waals surface area contributed by atoms with E-state index in [1.165, 1.54) is 0 Å². The fourth-order valence-corrected chi connectivity index (χ4v) is 1.01. The van der Waals surface area contributed by atoms with Gasteiger partial charge in [0, 0.05) is 0 Å². The van der Waals surface area contributed by atoms with E-state index in [0.29, 0.717) is 5.56 Å². The summed E-state index contributed by atoms with van der Waals surface area (Å²) in [5, 5.41) is 0. The molecule has 82 valence electrons. The molecule has 0 aliphatic carbocycles. The first-order chi connectivity index (χ1) is 7.04. The van der Waals surface area contributed by atoms with Gasteiger partial charge in [0.2, 0.25) is 0 Å². The van der Waals surface area contributed by atoms with Gasteiger partial charge in [0.1, 0.15) is 0 Å². The van der Waals surface area contributed by atoms with Crippen LogP contribution < -0.4 is 4.74 Å². The molecule has 0 heterocycles. The summed E-state index contributed by atoms with van der Waals surface area (Å²) in [4.78, 5) is 10.7. The zero-order chi connectivity index (χ0) is 11.4. The molecule has 0 unspecified atom stereocenters. The van der Waals surface area contributed by atoms with E-state index in [1.54, 1.807) is 6.92 Å². The van der Waals surface area contributed by atoms with Crippen LogP contribution in [0.4, 0.5) is 8.78 Å². The molecule has 0 radical (unpaired) electrons. The van der Waals surface area contributed by atoms with Crippen LogP contribution in [0, 0.1) is 18.6 Å². The summed E-state index contributed by atoms with van der Waals surface area (Å²) in [6.45, 7) is 1.03. The number of benzene rings is 1. The zero-order valence-electron chi connectivity index (χ0n) is 8.34. The Balaban J connectivity index is 2.81. The van der Waals surface area contributed by atoms with E-state index in [4.69, 9.17) is 0 Å². The van der Waals surface area contributed by atoms with E-state index >= 15 is 0 Å². The van der Waals surface area contributed by atoms with Crippen molar-refractivity contribution in [3.05, 3.63) is 29.3 Å². The summed E-state index contributed by atoms with van der Waals surface area (Å²) in [7, 11) is 1.16. The largest absolute Gasteiger partial charge is 0.476 e. The van der Waals surface area contributed by atoms with E-state index < -0.39 is 30.0 Å². The van der Waals surface area contributed by atoms with Crippen molar-refractivity contribution in [2.45, 2.75) is 6.92 Å². The Labute approximate surface area is 85.6 Å². The Morgan fingerprint density at radius 2 is 1.87 bits per heavy atom. The van der Waals surface area contributed by atoms with Crippen molar-refractivity contribution in [2.24, 2.45) is 0 Å². The van der Waals surface area contributed by atoms with Crippen LogP contribution in [0.1, 0.15) is 5.56 Å². The quantitative estimate of drug-likeness (QED) is 0.723. The lowest BCUT2D eigenvalue weighted by Gasteiger charge is -2.07. The molecule has 0 aliphatic rings. The molecular weight excluding hydrogens is 206 g/mol. The Morgan fingerprint density at radius 3 is 2.33 bits per heavy atom. The molecule has 5 heteroatoms. The Bertz CT molecular complexity index is 354. The number of hydrogen-bond donors (Lipinski definition) is 0. The number of halogens is 2. The molecule has 0 aromatic heterocycles. The lowest BCUT2D eigenvalue weighted by molar-refractivity contribution is -0.143. The lowest BCUT2D eigenvalue weighted by Crippen LogP contribution is -2.14. The van der Waals surface area contributed by atoms with Crippen LogP contribution in [0.15, 0.2) is 12.1 Å². The summed E-state index contributed by atoms with van der Waals surface area (Å²) in [6, 6.07) is 2.24. The van der Waals surface area contributed by atoms with Crippen molar-refractivity contribution in [3.8, 4) is 5.75 Å². The van der Waals surface area contributed by atoms with Crippen LogP contribution in [0.25, 0.3) is 0 Å². The normalized spacial score (nSPS) is 9.87. The molecule has 0 spiro atoms. The van der Waals surface area contributed by atoms with Crippen molar-refractivity contribution >= 4 is 5.97 Å². The molecule has 0 aliphatic heterocycles. The van der Waals surface area contributed by atoms with E-state index in [2.05, 4.69) is 9.47 Å². The monoisotopic (exact) mass is 216 g/mol. The average molecular weight is 216 g/mol. The first-order valence-corrected chi connectivity index (χ1v) is 4.20. The van der Waals surface area contributed by atoms with Crippen LogP contribution in [0.5, 0.6) is 5.75 Å². The van der Waals surface area contributed by atoms with Gasteiger partial charge in [0.25, 0.3) is 0 Å². The van der Waals surface area contributed by atoms with Crippen LogP contribution in [0.3, 0.4) is 0 Å². The minimum absolute atomic E-state index is 0.440. The number of hydrogen-bond acceptors (Lipinski definition) is 3. The highest BCUT2D eigenvalue weighted by Gasteiger charge is 2.13. The van der Waals surface area contributed by atoms with Gasteiger partial charge < -0.3 is 9.47 Å². The number of esters is 1. The third-order valence-corrected chi connectivity index (χ3v) is 1.70. The molecule has 0 saturated carbocycles. The molecule has 0 N–H and O–H groups in total. The average Bonchev–Trinajstić information content (AvgIpc) is 2.15. The Morgan fingerprint density at radius 1 is 1.33 bits per heavy atom. The van der Waals surface area contributed by atoms with Crippen molar-refractivity contribution in [3.63, 3.8) is 0 Å². The molecule has 0 saturated heterocycles. The van der Waals surface area contributed by atoms with Crippen LogP contribution >= 0.6 is 0 Å². The third kappa shape index (κ3) is 2.90. The van der Waals surface area contributed by atoms with Gasteiger partial charge in [-0.1, -0.05) is 0 Å². The van der Waals surface area contributed by atoms with E-state index in [9.17, 15) is 13.6 Å². The van der Waals surface area contributed by atoms with Crippen molar-refractivity contribution in [1.29, 1.82) is 0 Å². The number of methoxy groups -OCH3 is 1. The fourth-order valence-electron chi connectivity index (χ4n) is 1.01. The lowest BCUT2D eigenvalue weighted by atomic mass is 10.2. The number of carbonyl (C=O) groups is 1. The second kappa shape index (κ2) is 4.72. The standard InChI is InChI=1S/C10H10F2O3/c1-6-3-7(11)10(8(12)4-6)15-5-9(13)14-2/h3-4H,5H2,1-2H3. The van der Waals surface area contributed by atoms with Gasteiger partial charge in [-0.05, 0) is 24.6 Å². The smallest absolute Gasteiger partial charge is 0.343 e. The maximum absolute atomic E-state index is 13.1. The molecule has 15 heavy (non-hydrogen) atoms. The van der Waals surface area contributed by atoms with Gasteiger partial charge in [-0.2, -0.15) is 0 Å². The van der Waals surface area contributed by atoms with Gasteiger partial charge in [0.05, 0.1) is 7.11 Å². The van der Waals surface area contributed by atoms with Crippen molar-refractivity contribution < 1.29 is 23.0 Å². The summed E-state index contributed by atoms with van der Waals surface area (Å²) in [5.74, 6) is -2.94. The van der Waals surface area contributed by atoms with Gasteiger partial charge >= 0.3 is 5.97 Å².